The highest BCUT2D eigenvalue weighted by Crippen LogP contribution is 2.37. The first-order chi connectivity index (χ1) is 15.4. The second-order valence-electron chi connectivity index (χ2n) is 9.18. The van der Waals surface area contributed by atoms with Gasteiger partial charge in [0.05, 0.1) is 28.7 Å². The second kappa shape index (κ2) is 10.6. The second-order valence-corrected chi connectivity index (χ2v) is 11.4. The molecular formula is C24H35N3O3S2. The van der Waals surface area contributed by atoms with Gasteiger partial charge in [0.25, 0.3) is 0 Å². The summed E-state index contributed by atoms with van der Waals surface area (Å²) in [5.41, 5.74) is 1.97. The zero-order chi connectivity index (χ0) is 22.7. The third-order valence-electron chi connectivity index (χ3n) is 6.81. The van der Waals surface area contributed by atoms with E-state index in [9.17, 15) is 9.32 Å². The van der Waals surface area contributed by atoms with Gasteiger partial charge in [0.15, 0.2) is 5.13 Å². The van der Waals surface area contributed by atoms with E-state index in [-0.39, 0.29) is 12.1 Å². The van der Waals surface area contributed by atoms with E-state index in [1.54, 1.807) is 18.4 Å². The van der Waals surface area contributed by atoms with Gasteiger partial charge in [-0.2, -0.15) is 0 Å². The van der Waals surface area contributed by atoms with Crippen LogP contribution in [0.1, 0.15) is 64.0 Å². The van der Waals surface area contributed by atoms with Gasteiger partial charge in [-0.05, 0) is 75.6 Å². The van der Waals surface area contributed by atoms with Crippen molar-refractivity contribution < 1.29 is 14.1 Å². The fourth-order valence-corrected chi connectivity index (χ4v) is 7.19. The van der Waals surface area contributed by atoms with E-state index in [1.807, 2.05) is 25.1 Å². The molecule has 32 heavy (non-hydrogen) atoms. The maximum absolute atomic E-state index is 13.1. The Morgan fingerprint density at radius 3 is 2.69 bits per heavy atom. The van der Waals surface area contributed by atoms with Gasteiger partial charge in [0, 0.05) is 12.1 Å². The van der Waals surface area contributed by atoms with E-state index in [0.29, 0.717) is 29.0 Å². The molecule has 0 amide bonds. The lowest BCUT2D eigenvalue weighted by atomic mass is 9.85. The van der Waals surface area contributed by atoms with Crippen molar-refractivity contribution >= 4 is 27.5 Å². The van der Waals surface area contributed by atoms with Crippen molar-refractivity contribution in [1.82, 2.24) is 9.71 Å². The molecule has 2 aliphatic rings. The summed E-state index contributed by atoms with van der Waals surface area (Å²) in [6.07, 6.45) is 8.53. The molecule has 2 aromatic rings. The molecule has 3 N–H and O–H groups in total. The highest BCUT2D eigenvalue weighted by Gasteiger charge is 2.26. The van der Waals surface area contributed by atoms with Crippen LogP contribution in [0.4, 0.5) is 5.13 Å². The van der Waals surface area contributed by atoms with Gasteiger partial charge < -0.3 is 15.2 Å². The Hall–Kier alpha value is -1.48. The van der Waals surface area contributed by atoms with Gasteiger partial charge >= 0.3 is 0 Å². The molecule has 0 radical (unpaired) electrons. The molecule has 2 saturated carbocycles. The maximum atomic E-state index is 13.1. The zero-order valence-electron chi connectivity index (χ0n) is 19.2. The summed E-state index contributed by atoms with van der Waals surface area (Å²) in [4.78, 5) is 6.50. The lowest BCUT2D eigenvalue weighted by Crippen LogP contribution is -2.29. The van der Waals surface area contributed by atoms with Gasteiger partial charge in [0.1, 0.15) is 16.7 Å². The monoisotopic (exact) mass is 477 g/mol. The quantitative estimate of drug-likeness (QED) is 0.496. The number of nitrogens with zero attached hydrogens (tertiary/aromatic N) is 1. The average molecular weight is 478 g/mol. The van der Waals surface area contributed by atoms with E-state index in [1.165, 1.54) is 32.1 Å². The number of aliphatic hydroxyl groups excluding tert-OH is 1. The lowest BCUT2D eigenvalue weighted by molar-refractivity contribution is 0.181. The van der Waals surface area contributed by atoms with Crippen LogP contribution in [-0.4, -0.2) is 39.6 Å². The van der Waals surface area contributed by atoms with Crippen LogP contribution in [0, 0.1) is 12.8 Å². The van der Waals surface area contributed by atoms with E-state index >= 15 is 0 Å². The topological polar surface area (TPSA) is 83.5 Å². The molecule has 2 fully saturated rings. The number of ether oxygens (including phenoxy) is 1. The Bertz CT molecular complexity index is 943. The molecular weight excluding hydrogens is 442 g/mol. The highest BCUT2D eigenvalue weighted by molar-refractivity contribution is 7.83. The van der Waals surface area contributed by atoms with Crippen LogP contribution in [0.15, 0.2) is 23.1 Å². The molecule has 1 heterocycles. The number of aliphatic hydroxyl groups is 1. The number of aromatic nitrogens is 1. The summed E-state index contributed by atoms with van der Waals surface area (Å²) < 4.78 is 21.8. The summed E-state index contributed by atoms with van der Waals surface area (Å²) in [6, 6.07) is 6.31. The Kier molecular flexibility index (Phi) is 7.87. The predicted molar refractivity (Wildman–Crippen MR) is 132 cm³/mol. The molecule has 176 valence electrons. The minimum Gasteiger partial charge on any atom is -0.495 e. The van der Waals surface area contributed by atoms with Crippen molar-refractivity contribution in [3.05, 3.63) is 23.9 Å². The predicted octanol–water partition coefficient (Wildman–Crippen LogP) is 5.03. The van der Waals surface area contributed by atoms with E-state index < -0.39 is 11.0 Å². The van der Waals surface area contributed by atoms with Gasteiger partial charge in [-0.3, -0.25) is 0 Å². The zero-order valence-corrected chi connectivity index (χ0v) is 20.9. The van der Waals surface area contributed by atoms with Crippen molar-refractivity contribution in [2.75, 3.05) is 12.4 Å². The number of anilines is 1. The standard InChI is InChI=1S/C24H35N3O3S2/c1-15(17-7-5-4-6-8-17)25-24-26-16(2)23(31-24)18-9-12-21(30-3)22(13-18)32(29)27-19-10-11-20(28)14-19/h9,12-13,15,17,19-20,27-28H,4-8,10-11,14H2,1-3H3,(H,25,26). The molecule has 0 aliphatic heterocycles. The van der Waals surface area contributed by atoms with Crippen LogP contribution in [0.2, 0.25) is 0 Å². The minimum absolute atomic E-state index is 0.0569. The molecule has 6 nitrogen and oxygen atoms in total. The fourth-order valence-electron chi connectivity index (χ4n) is 4.92. The van der Waals surface area contributed by atoms with E-state index in [0.717, 1.165) is 34.1 Å². The first-order valence-corrected chi connectivity index (χ1v) is 13.7. The van der Waals surface area contributed by atoms with Crippen molar-refractivity contribution in [2.24, 2.45) is 5.92 Å². The van der Waals surface area contributed by atoms with Crippen LogP contribution < -0.4 is 14.8 Å². The summed E-state index contributed by atoms with van der Waals surface area (Å²) in [5, 5.41) is 14.4. The SMILES string of the molecule is COc1ccc(-c2sc(NC(C)C3CCCCC3)nc2C)cc1S(=O)NC1CCC(O)C1. The highest BCUT2D eigenvalue weighted by atomic mass is 32.2. The average Bonchev–Trinajstić information content (AvgIpc) is 3.38. The third-order valence-corrected chi connectivity index (χ3v) is 9.21. The third kappa shape index (κ3) is 5.53. The molecule has 0 bridgehead atoms. The maximum Gasteiger partial charge on any atom is 0.183 e. The van der Waals surface area contributed by atoms with Gasteiger partial charge in [0.2, 0.25) is 0 Å². The Morgan fingerprint density at radius 2 is 2.00 bits per heavy atom. The number of hydrogen-bond donors (Lipinski definition) is 3. The van der Waals surface area contributed by atoms with Crippen LogP contribution in [0.25, 0.3) is 10.4 Å². The summed E-state index contributed by atoms with van der Waals surface area (Å²) in [7, 11) is 0.185. The van der Waals surface area contributed by atoms with Crippen LogP contribution >= 0.6 is 11.3 Å². The van der Waals surface area contributed by atoms with Crippen LogP contribution in [0.5, 0.6) is 5.75 Å². The van der Waals surface area contributed by atoms with E-state index in [2.05, 4.69) is 17.0 Å². The number of benzene rings is 1. The van der Waals surface area contributed by atoms with Crippen molar-refractivity contribution in [3.63, 3.8) is 0 Å². The van der Waals surface area contributed by atoms with Crippen molar-refractivity contribution in [3.8, 4) is 16.2 Å². The Labute approximate surface area is 197 Å². The number of hydrogen-bond acceptors (Lipinski definition) is 6. The van der Waals surface area contributed by atoms with Crippen molar-refractivity contribution in [2.45, 2.75) is 88.3 Å². The summed E-state index contributed by atoms with van der Waals surface area (Å²) >= 11 is 1.66. The normalized spacial score (nSPS) is 23.8. The van der Waals surface area contributed by atoms with Gasteiger partial charge in [-0.25, -0.2) is 13.9 Å². The Morgan fingerprint density at radius 1 is 1.22 bits per heavy atom. The van der Waals surface area contributed by atoms with Gasteiger partial charge in [-0.15, -0.1) is 0 Å². The fraction of sp³-hybridized carbons (Fsp3) is 0.625. The minimum atomic E-state index is -1.41. The molecule has 8 heteroatoms. The molecule has 0 saturated heterocycles. The van der Waals surface area contributed by atoms with Crippen LogP contribution in [0.3, 0.4) is 0 Å². The molecule has 1 aromatic heterocycles. The van der Waals surface area contributed by atoms with Crippen molar-refractivity contribution in [1.29, 1.82) is 0 Å². The number of thiazole rings is 1. The van der Waals surface area contributed by atoms with E-state index in [4.69, 9.17) is 9.72 Å². The molecule has 4 atom stereocenters. The lowest BCUT2D eigenvalue weighted by Gasteiger charge is -2.28. The summed E-state index contributed by atoms with van der Waals surface area (Å²) in [5.74, 6) is 1.32. The smallest absolute Gasteiger partial charge is 0.183 e. The number of rotatable bonds is 8. The Balaban J connectivity index is 1.51. The largest absolute Gasteiger partial charge is 0.495 e. The van der Waals surface area contributed by atoms with Crippen LogP contribution in [-0.2, 0) is 11.0 Å². The molecule has 0 spiro atoms. The molecule has 4 rings (SSSR count). The summed E-state index contributed by atoms with van der Waals surface area (Å²) in [6.45, 7) is 4.30. The first kappa shape index (κ1) is 23.7. The number of nitrogens with one attached hydrogen (secondary N) is 2. The number of aryl methyl sites for hydroxylation is 1. The molecule has 2 aliphatic carbocycles. The first-order valence-electron chi connectivity index (χ1n) is 11.7. The number of methoxy groups -OCH3 is 1. The molecule has 1 aromatic carbocycles. The molecule has 4 unspecified atom stereocenters. The van der Waals surface area contributed by atoms with Gasteiger partial charge in [-0.1, -0.05) is 30.6 Å².